The number of methoxy groups -OCH3 is 1. The average Bonchev–Trinajstić information content (AvgIpc) is 2.34. The summed E-state index contributed by atoms with van der Waals surface area (Å²) in [4.78, 5) is 11.5. The van der Waals surface area contributed by atoms with E-state index in [-0.39, 0.29) is 12.6 Å². The Balaban J connectivity index is 2.46. The van der Waals surface area contributed by atoms with Gasteiger partial charge in [0.15, 0.2) is 0 Å². The maximum Gasteiger partial charge on any atom is 0.338 e. The SMILES string of the molecule is COc1cccc(C(=O)OCCCCO)c1. The van der Waals surface area contributed by atoms with E-state index < -0.39 is 0 Å². The highest BCUT2D eigenvalue weighted by molar-refractivity contribution is 5.89. The minimum atomic E-state index is -0.364. The topological polar surface area (TPSA) is 55.8 Å². The number of aliphatic hydroxyl groups excluding tert-OH is 1. The third-order valence-corrected chi connectivity index (χ3v) is 2.09. The minimum absolute atomic E-state index is 0.122. The number of carbonyl (C=O) groups excluding carboxylic acids is 1. The second-order valence-electron chi connectivity index (χ2n) is 3.30. The summed E-state index contributed by atoms with van der Waals surface area (Å²) in [6.07, 6.45) is 1.32. The lowest BCUT2D eigenvalue weighted by molar-refractivity contribution is 0.0492. The Hall–Kier alpha value is -1.55. The third-order valence-electron chi connectivity index (χ3n) is 2.09. The molecular weight excluding hydrogens is 208 g/mol. The zero-order chi connectivity index (χ0) is 11.8. The fraction of sp³-hybridized carbons (Fsp3) is 0.417. The maximum absolute atomic E-state index is 11.5. The Morgan fingerprint density at radius 3 is 2.88 bits per heavy atom. The van der Waals surface area contributed by atoms with Crippen LogP contribution in [0.1, 0.15) is 23.2 Å². The largest absolute Gasteiger partial charge is 0.497 e. The molecule has 0 aliphatic rings. The molecule has 0 radical (unpaired) electrons. The summed E-state index contributed by atoms with van der Waals surface area (Å²) < 4.78 is 10.0. The highest BCUT2D eigenvalue weighted by Gasteiger charge is 2.07. The van der Waals surface area contributed by atoms with Gasteiger partial charge < -0.3 is 14.6 Å². The van der Waals surface area contributed by atoms with E-state index in [4.69, 9.17) is 14.6 Å². The van der Waals surface area contributed by atoms with Gasteiger partial charge in [0.1, 0.15) is 5.75 Å². The van der Waals surface area contributed by atoms with Gasteiger partial charge >= 0.3 is 5.97 Å². The molecule has 1 N–H and O–H groups in total. The van der Waals surface area contributed by atoms with E-state index in [9.17, 15) is 4.79 Å². The summed E-state index contributed by atoms with van der Waals surface area (Å²) in [5.41, 5.74) is 0.475. The number of benzene rings is 1. The van der Waals surface area contributed by atoms with E-state index >= 15 is 0 Å². The van der Waals surface area contributed by atoms with Crippen LogP contribution in [-0.2, 0) is 4.74 Å². The van der Waals surface area contributed by atoms with Gasteiger partial charge in [0, 0.05) is 6.61 Å². The molecule has 1 rings (SSSR count). The van der Waals surface area contributed by atoms with Crippen LogP contribution in [0.3, 0.4) is 0 Å². The molecule has 0 unspecified atom stereocenters. The molecule has 0 saturated carbocycles. The second kappa shape index (κ2) is 6.85. The van der Waals surface area contributed by atoms with E-state index in [1.807, 2.05) is 0 Å². The number of carbonyl (C=O) groups is 1. The summed E-state index contributed by atoms with van der Waals surface area (Å²) >= 11 is 0. The van der Waals surface area contributed by atoms with Crippen LogP contribution in [0.2, 0.25) is 0 Å². The van der Waals surface area contributed by atoms with Crippen molar-refractivity contribution in [2.45, 2.75) is 12.8 Å². The van der Waals surface area contributed by atoms with Crippen LogP contribution in [0, 0.1) is 0 Å². The van der Waals surface area contributed by atoms with Crippen LogP contribution in [0.15, 0.2) is 24.3 Å². The summed E-state index contributed by atoms with van der Waals surface area (Å²) in [5.74, 6) is 0.265. The predicted molar refractivity (Wildman–Crippen MR) is 59.6 cm³/mol. The molecular formula is C12H16O4. The van der Waals surface area contributed by atoms with Crippen LogP contribution in [-0.4, -0.2) is 31.4 Å². The molecule has 0 aromatic heterocycles. The highest BCUT2D eigenvalue weighted by Crippen LogP contribution is 2.13. The molecule has 88 valence electrons. The molecule has 16 heavy (non-hydrogen) atoms. The van der Waals surface area contributed by atoms with Crippen molar-refractivity contribution in [3.8, 4) is 5.75 Å². The Kier molecular flexibility index (Phi) is 5.36. The lowest BCUT2D eigenvalue weighted by atomic mass is 10.2. The van der Waals surface area contributed by atoms with Gasteiger partial charge in [-0.15, -0.1) is 0 Å². The summed E-state index contributed by atoms with van der Waals surface area (Å²) in [5, 5.41) is 8.56. The average molecular weight is 224 g/mol. The zero-order valence-corrected chi connectivity index (χ0v) is 9.31. The zero-order valence-electron chi connectivity index (χ0n) is 9.31. The second-order valence-corrected chi connectivity index (χ2v) is 3.30. The van der Waals surface area contributed by atoms with Crippen molar-refractivity contribution in [1.82, 2.24) is 0 Å². The van der Waals surface area contributed by atoms with Gasteiger partial charge in [-0.1, -0.05) is 6.07 Å². The molecule has 1 aromatic carbocycles. The first-order chi connectivity index (χ1) is 7.77. The Labute approximate surface area is 94.8 Å². The lowest BCUT2D eigenvalue weighted by Crippen LogP contribution is -2.06. The van der Waals surface area contributed by atoms with Gasteiger partial charge in [-0.25, -0.2) is 4.79 Å². The molecule has 0 aliphatic heterocycles. The monoisotopic (exact) mass is 224 g/mol. The minimum Gasteiger partial charge on any atom is -0.497 e. The van der Waals surface area contributed by atoms with Crippen LogP contribution in [0.5, 0.6) is 5.75 Å². The smallest absolute Gasteiger partial charge is 0.338 e. The number of ether oxygens (including phenoxy) is 2. The molecule has 0 atom stereocenters. The number of rotatable bonds is 6. The Morgan fingerprint density at radius 1 is 1.38 bits per heavy atom. The first-order valence-electron chi connectivity index (χ1n) is 5.20. The first kappa shape index (κ1) is 12.5. The number of hydrogen-bond donors (Lipinski definition) is 1. The van der Waals surface area contributed by atoms with E-state index in [1.165, 1.54) is 0 Å². The number of aliphatic hydroxyl groups is 1. The fourth-order valence-electron chi connectivity index (χ4n) is 1.21. The van der Waals surface area contributed by atoms with E-state index in [1.54, 1.807) is 31.4 Å². The van der Waals surface area contributed by atoms with Crippen molar-refractivity contribution in [3.05, 3.63) is 29.8 Å². The van der Waals surface area contributed by atoms with E-state index in [0.717, 1.165) is 0 Å². The van der Waals surface area contributed by atoms with Crippen molar-refractivity contribution in [1.29, 1.82) is 0 Å². The van der Waals surface area contributed by atoms with Gasteiger partial charge in [0.25, 0.3) is 0 Å². The molecule has 0 fully saturated rings. The van der Waals surface area contributed by atoms with Crippen LogP contribution in [0.25, 0.3) is 0 Å². The fourth-order valence-corrected chi connectivity index (χ4v) is 1.21. The van der Waals surface area contributed by atoms with Crippen molar-refractivity contribution < 1.29 is 19.4 Å². The van der Waals surface area contributed by atoms with Gasteiger partial charge in [-0.05, 0) is 31.0 Å². The van der Waals surface area contributed by atoms with Gasteiger partial charge in [-0.2, -0.15) is 0 Å². The van der Waals surface area contributed by atoms with Crippen molar-refractivity contribution in [2.24, 2.45) is 0 Å². The third kappa shape index (κ3) is 3.90. The molecule has 4 heteroatoms. The van der Waals surface area contributed by atoms with Crippen LogP contribution >= 0.6 is 0 Å². The highest BCUT2D eigenvalue weighted by atomic mass is 16.5. The Bertz CT molecular complexity index is 336. The molecule has 0 heterocycles. The molecule has 0 bridgehead atoms. The number of unbranched alkanes of at least 4 members (excludes halogenated alkanes) is 1. The van der Waals surface area contributed by atoms with Gasteiger partial charge in [-0.3, -0.25) is 0 Å². The summed E-state index contributed by atoms with van der Waals surface area (Å²) in [6.45, 7) is 0.452. The molecule has 0 amide bonds. The molecule has 0 spiro atoms. The van der Waals surface area contributed by atoms with Crippen LogP contribution in [0.4, 0.5) is 0 Å². The van der Waals surface area contributed by atoms with E-state index in [0.29, 0.717) is 30.8 Å². The van der Waals surface area contributed by atoms with Crippen molar-refractivity contribution in [2.75, 3.05) is 20.3 Å². The number of hydrogen-bond acceptors (Lipinski definition) is 4. The van der Waals surface area contributed by atoms with Gasteiger partial charge in [0.05, 0.1) is 19.3 Å². The summed E-state index contributed by atoms with van der Waals surface area (Å²) in [6, 6.07) is 6.82. The quantitative estimate of drug-likeness (QED) is 0.589. The maximum atomic E-state index is 11.5. The molecule has 0 aliphatic carbocycles. The summed E-state index contributed by atoms with van der Waals surface area (Å²) in [7, 11) is 1.55. The standard InChI is InChI=1S/C12H16O4/c1-15-11-6-4-5-10(9-11)12(14)16-8-3-2-7-13/h4-6,9,13H,2-3,7-8H2,1H3. The molecule has 1 aromatic rings. The number of esters is 1. The molecule has 4 nitrogen and oxygen atoms in total. The Morgan fingerprint density at radius 2 is 2.19 bits per heavy atom. The normalized spacial score (nSPS) is 9.88. The van der Waals surface area contributed by atoms with Crippen molar-refractivity contribution in [3.63, 3.8) is 0 Å². The van der Waals surface area contributed by atoms with Gasteiger partial charge in [0.2, 0.25) is 0 Å². The first-order valence-corrected chi connectivity index (χ1v) is 5.20. The lowest BCUT2D eigenvalue weighted by Gasteiger charge is -2.05. The van der Waals surface area contributed by atoms with E-state index in [2.05, 4.69) is 0 Å². The predicted octanol–water partition coefficient (Wildman–Crippen LogP) is 1.62. The molecule has 0 saturated heterocycles. The van der Waals surface area contributed by atoms with Crippen molar-refractivity contribution >= 4 is 5.97 Å². The van der Waals surface area contributed by atoms with Crippen LogP contribution < -0.4 is 4.74 Å².